The fourth-order valence-corrected chi connectivity index (χ4v) is 6.71. The van der Waals surface area contributed by atoms with Crippen LogP contribution in [0.3, 0.4) is 0 Å². The van der Waals surface area contributed by atoms with Crippen molar-refractivity contribution >= 4 is 0 Å². The molecule has 4 aliphatic rings. The number of unbranched alkanes of at least 4 members (excludes halogenated alkanes) is 2. The number of nitrogens with zero attached hydrogens (tertiary/aromatic N) is 1. The first-order valence-corrected chi connectivity index (χ1v) is 13.2. The van der Waals surface area contributed by atoms with E-state index >= 15 is 0 Å². The lowest BCUT2D eigenvalue weighted by molar-refractivity contribution is 0.120. The van der Waals surface area contributed by atoms with Gasteiger partial charge in [-0.05, 0) is 95.2 Å². The molecular formula is C27H45NO2. The Morgan fingerprint density at radius 3 is 2.57 bits per heavy atom. The van der Waals surface area contributed by atoms with Crippen LogP contribution in [0, 0.1) is 23.7 Å². The van der Waals surface area contributed by atoms with Crippen LogP contribution in [-0.2, 0) is 0 Å². The molecule has 0 amide bonds. The number of hydrogen-bond donors (Lipinski definition) is 2. The van der Waals surface area contributed by atoms with Crippen LogP contribution in [0.2, 0.25) is 0 Å². The number of likely N-dealkylation sites (tertiary alicyclic amines) is 1. The van der Waals surface area contributed by atoms with E-state index in [4.69, 9.17) is 0 Å². The Kier molecular flexibility index (Phi) is 8.49. The summed E-state index contributed by atoms with van der Waals surface area (Å²) in [6.45, 7) is 3.94. The molecular weight excluding hydrogens is 370 g/mol. The van der Waals surface area contributed by atoms with Crippen molar-refractivity contribution in [3.05, 3.63) is 23.8 Å². The molecule has 0 aromatic rings. The first-order valence-electron chi connectivity index (χ1n) is 13.2. The summed E-state index contributed by atoms with van der Waals surface area (Å²) in [6.07, 6.45) is 23.9. The molecule has 5 atom stereocenters. The van der Waals surface area contributed by atoms with Crippen molar-refractivity contribution in [3.63, 3.8) is 0 Å². The maximum atomic E-state index is 10.6. The minimum absolute atomic E-state index is 0.225. The van der Waals surface area contributed by atoms with E-state index in [9.17, 15) is 10.2 Å². The molecule has 170 valence electrons. The maximum absolute atomic E-state index is 10.6. The number of allylic oxidation sites excluding steroid dienone is 2. The molecule has 3 nitrogen and oxygen atoms in total. The zero-order chi connectivity index (χ0) is 20.8. The summed E-state index contributed by atoms with van der Waals surface area (Å²) < 4.78 is 0. The first kappa shape index (κ1) is 22.6. The molecule has 0 aromatic carbocycles. The van der Waals surface area contributed by atoms with E-state index in [1.807, 2.05) is 6.08 Å². The van der Waals surface area contributed by atoms with Gasteiger partial charge in [-0.15, -0.1) is 0 Å². The number of hydrogen-bond acceptors (Lipinski definition) is 3. The van der Waals surface area contributed by atoms with Crippen molar-refractivity contribution in [1.82, 2.24) is 4.90 Å². The summed E-state index contributed by atoms with van der Waals surface area (Å²) in [6, 6.07) is 0. The van der Waals surface area contributed by atoms with Crippen LogP contribution in [0.5, 0.6) is 0 Å². The zero-order valence-corrected chi connectivity index (χ0v) is 19.1. The molecule has 1 aliphatic heterocycles. The minimum Gasteiger partial charge on any atom is -0.392 e. The van der Waals surface area contributed by atoms with Crippen molar-refractivity contribution in [3.8, 4) is 0 Å². The molecule has 0 aromatic heterocycles. The smallest absolute Gasteiger partial charge is 0.0749 e. The van der Waals surface area contributed by atoms with Crippen molar-refractivity contribution in [2.75, 3.05) is 19.6 Å². The van der Waals surface area contributed by atoms with Gasteiger partial charge in [0.05, 0.1) is 12.2 Å². The summed E-state index contributed by atoms with van der Waals surface area (Å²) in [4.78, 5) is 2.66. The predicted molar refractivity (Wildman–Crippen MR) is 124 cm³/mol. The van der Waals surface area contributed by atoms with E-state index in [0.29, 0.717) is 17.8 Å². The highest BCUT2D eigenvalue weighted by atomic mass is 16.3. The van der Waals surface area contributed by atoms with Gasteiger partial charge in [-0.3, -0.25) is 0 Å². The molecule has 1 saturated heterocycles. The number of rotatable bonds is 9. The highest BCUT2D eigenvalue weighted by molar-refractivity contribution is 5.21. The molecule has 0 bridgehead atoms. The van der Waals surface area contributed by atoms with E-state index in [1.165, 1.54) is 90.3 Å². The standard InChI is InChI=1S/C27H45NO2/c29-26(22-11-5-1-6-12-22)14-13-24-25-19-21(18-23(25)20-27(24)30)10-4-2-7-15-28-16-8-3-9-17-28/h13-14,18,22-27,29-30H,1-12,15-17,19-20H2/t23-,24+,25-,26+,27+/m0/s1. The number of aliphatic hydroxyl groups is 2. The molecule has 4 rings (SSSR count). The third kappa shape index (κ3) is 5.99. The molecule has 0 spiro atoms. The predicted octanol–water partition coefficient (Wildman–Crippen LogP) is 5.47. The Balaban J connectivity index is 1.17. The van der Waals surface area contributed by atoms with Crippen LogP contribution in [0.1, 0.15) is 89.9 Å². The molecule has 0 radical (unpaired) electrons. The number of fused-ring (bicyclic) bond motifs is 1. The second kappa shape index (κ2) is 11.3. The summed E-state index contributed by atoms with van der Waals surface area (Å²) in [5.74, 6) is 1.80. The fraction of sp³-hybridized carbons (Fsp3) is 0.852. The highest BCUT2D eigenvalue weighted by Crippen LogP contribution is 2.48. The monoisotopic (exact) mass is 415 g/mol. The van der Waals surface area contributed by atoms with E-state index in [2.05, 4.69) is 17.1 Å². The van der Waals surface area contributed by atoms with Gasteiger partial charge < -0.3 is 15.1 Å². The van der Waals surface area contributed by atoms with Gasteiger partial charge in [-0.2, -0.15) is 0 Å². The number of piperidine rings is 1. The lowest BCUT2D eigenvalue weighted by atomic mass is 9.83. The molecule has 2 N–H and O–H groups in total. The fourth-order valence-electron chi connectivity index (χ4n) is 6.71. The first-order chi connectivity index (χ1) is 14.7. The van der Waals surface area contributed by atoms with E-state index in [-0.39, 0.29) is 18.1 Å². The second-order valence-corrected chi connectivity index (χ2v) is 10.7. The molecule has 0 unspecified atom stereocenters. The third-order valence-corrected chi connectivity index (χ3v) is 8.53. The lowest BCUT2D eigenvalue weighted by Gasteiger charge is -2.26. The van der Waals surface area contributed by atoms with Gasteiger partial charge in [0.25, 0.3) is 0 Å². The van der Waals surface area contributed by atoms with Gasteiger partial charge in [-0.1, -0.05) is 55.9 Å². The summed E-state index contributed by atoms with van der Waals surface area (Å²) in [7, 11) is 0. The summed E-state index contributed by atoms with van der Waals surface area (Å²) >= 11 is 0. The van der Waals surface area contributed by atoms with E-state index in [1.54, 1.807) is 5.57 Å². The van der Waals surface area contributed by atoms with Gasteiger partial charge in [0.1, 0.15) is 0 Å². The molecule has 3 aliphatic carbocycles. The van der Waals surface area contributed by atoms with Crippen LogP contribution < -0.4 is 0 Å². The van der Waals surface area contributed by atoms with Crippen LogP contribution in [0.4, 0.5) is 0 Å². The minimum atomic E-state index is -0.315. The molecule has 30 heavy (non-hydrogen) atoms. The Bertz CT molecular complexity index is 573. The maximum Gasteiger partial charge on any atom is 0.0749 e. The Morgan fingerprint density at radius 1 is 1.00 bits per heavy atom. The van der Waals surface area contributed by atoms with Gasteiger partial charge in [0, 0.05) is 5.92 Å². The average Bonchev–Trinajstić information content (AvgIpc) is 3.29. The quantitative estimate of drug-likeness (QED) is 0.387. The van der Waals surface area contributed by atoms with Crippen LogP contribution in [0.25, 0.3) is 0 Å². The highest BCUT2D eigenvalue weighted by Gasteiger charge is 2.43. The lowest BCUT2D eigenvalue weighted by Crippen LogP contribution is -2.30. The molecule has 2 saturated carbocycles. The normalized spacial score (nSPS) is 34.4. The van der Waals surface area contributed by atoms with E-state index < -0.39 is 0 Å². The molecule has 3 heteroatoms. The summed E-state index contributed by atoms with van der Waals surface area (Å²) in [5.41, 5.74) is 1.64. The van der Waals surface area contributed by atoms with Gasteiger partial charge in [0.15, 0.2) is 0 Å². The Labute approximate surface area is 184 Å². The third-order valence-electron chi connectivity index (χ3n) is 8.53. The summed E-state index contributed by atoms with van der Waals surface area (Å²) in [5, 5.41) is 21.2. The van der Waals surface area contributed by atoms with Crippen LogP contribution >= 0.6 is 0 Å². The largest absolute Gasteiger partial charge is 0.392 e. The van der Waals surface area contributed by atoms with Crippen molar-refractivity contribution in [2.45, 2.75) is 102 Å². The topological polar surface area (TPSA) is 43.7 Å². The average molecular weight is 416 g/mol. The van der Waals surface area contributed by atoms with Crippen LogP contribution in [-0.4, -0.2) is 47.0 Å². The molecule has 3 fully saturated rings. The van der Waals surface area contributed by atoms with Gasteiger partial charge >= 0.3 is 0 Å². The van der Waals surface area contributed by atoms with Crippen molar-refractivity contribution in [2.24, 2.45) is 23.7 Å². The van der Waals surface area contributed by atoms with Gasteiger partial charge in [0.2, 0.25) is 0 Å². The zero-order valence-electron chi connectivity index (χ0n) is 19.1. The second-order valence-electron chi connectivity index (χ2n) is 10.7. The van der Waals surface area contributed by atoms with Crippen molar-refractivity contribution in [1.29, 1.82) is 0 Å². The van der Waals surface area contributed by atoms with Gasteiger partial charge in [-0.25, -0.2) is 0 Å². The molecule has 1 heterocycles. The number of aliphatic hydroxyl groups excluding tert-OH is 2. The Morgan fingerprint density at radius 2 is 1.77 bits per heavy atom. The van der Waals surface area contributed by atoms with E-state index in [0.717, 1.165) is 19.3 Å². The Hall–Kier alpha value is -0.640. The SMILES string of the molecule is O[C@H](C=C[C@@H]1[C@H]2CC(CCCCCN3CCCCC3)=C[C@H]2C[C@H]1O)C1CCCCC1. The van der Waals surface area contributed by atoms with Crippen LogP contribution in [0.15, 0.2) is 23.8 Å². The van der Waals surface area contributed by atoms with Crippen molar-refractivity contribution < 1.29 is 10.2 Å².